The molecule has 0 spiro atoms. The van der Waals surface area contributed by atoms with E-state index in [2.05, 4.69) is 152 Å². The monoisotopic (exact) mass is 742 g/mol. The van der Waals surface area contributed by atoms with Gasteiger partial charge in [-0.2, -0.15) is 0 Å². The Morgan fingerprint density at radius 2 is 0.500 bits per heavy atom. The van der Waals surface area contributed by atoms with Crippen molar-refractivity contribution in [3.63, 3.8) is 0 Å². The molecule has 2 aromatic heterocycles. The molecular weight excluding hydrogens is 705 g/mol. The summed E-state index contributed by atoms with van der Waals surface area (Å²) in [6, 6.07) is 70.6. The summed E-state index contributed by atoms with van der Waals surface area (Å²) in [7, 11) is 0. The third-order valence-electron chi connectivity index (χ3n) is 9.92. The van der Waals surface area contributed by atoms with Gasteiger partial charge < -0.3 is 0 Å². The fraction of sp³-hybridized carbons (Fsp3) is 0. The van der Waals surface area contributed by atoms with Crippen molar-refractivity contribution in [3.05, 3.63) is 229 Å². The molecule has 9 rings (SSSR count). The molecule has 0 unspecified atom stereocenters. The maximum Gasteiger partial charge on any atom is 0.160 e. The fourth-order valence-corrected chi connectivity index (χ4v) is 6.80. The average Bonchev–Trinajstić information content (AvgIpc) is 3.31. The van der Waals surface area contributed by atoms with Crippen LogP contribution in [0.15, 0.2) is 206 Å². The van der Waals surface area contributed by atoms with Crippen molar-refractivity contribution < 1.29 is 0 Å². The average molecular weight is 743 g/mol. The Morgan fingerprint density at radius 3 is 0.845 bits per heavy atom. The zero-order valence-electron chi connectivity index (χ0n) is 31.7. The van der Waals surface area contributed by atoms with Gasteiger partial charge in [0.2, 0.25) is 0 Å². The van der Waals surface area contributed by atoms with Gasteiger partial charge in [0.15, 0.2) is 11.6 Å². The number of nitrogens with zero attached hydrogens (tertiary/aromatic N) is 4. The second kappa shape index (κ2) is 16.9. The number of hydrogen-bond acceptors (Lipinski definition) is 4. The molecule has 0 aliphatic carbocycles. The first kappa shape index (κ1) is 35.9. The van der Waals surface area contributed by atoms with Gasteiger partial charge in [0.25, 0.3) is 0 Å². The SMILES string of the molecule is C(=C\c1ccc(-c2cc(-c3ccccc3)nc(-c3cccc(-c4nc(-c5ccccc5)cc(-c5ccc(/C=C/c6ccccc6)cc5)n4)c3)n2)cc1)/c1ccccc1. The Labute approximate surface area is 339 Å². The Morgan fingerprint density at radius 1 is 0.224 bits per heavy atom. The van der Waals surface area contributed by atoms with E-state index in [9.17, 15) is 0 Å². The Hall–Kier alpha value is -7.82. The largest absolute Gasteiger partial charge is 0.228 e. The van der Waals surface area contributed by atoms with Crippen molar-refractivity contribution in [2.75, 3.05) is 0 Å². The van der Waals surface area contributed by atoms with E-state index in [0.717, 1.165) is 78.4 Å². The van der Waals surface area contributed by atoms with Gasteiger partial charge in [-0.1, -0.05) is 212 Å². The van der Waals surface area contributed by atoms with Crippen LogP contribution in [0.5, 0.6) is 0 Å². The van der Waals surface area contributed by atoms with E-state index in [-0.39, 0.29) is 0 Å². The van der Waals surface area contributed by atoms with Gasteiger partial charge in [-0.3, -0.25) is 0 Å². The summed E-state index contributed by atoms with van der Waals surface area (Å²) in [6.07, 6.45) is 8.51. The highest BCUT2D eigenvalue weighted by molar-refractivity contribution is 5.78. The van der Waals surface area contributed by atoms with Crippen LogP contribution in [0.3, 0.4) is 0 Å². The van der Waals surface area contributed by atoms with Gasteiger partial charge in [-0.15, -0.1) is 0 Å². The minimum absolute atomic E-state index is 0.629. The first-order chi connectivity index (χ1) is 28.7. The van der Waals surface area contributed by atoms with Gasteiger partial charge in [0, 0.05) is 33.4 Å². The lowest BCUT2D eigenvalue weighted by atomic mass is 10.0. The first-order valence-electron chi connectivity index (χ1n) is 19.4. The molecule has 274 valence electrons. The summed E-state index contributed by atoms with van der Waals surface area (Å²) >= 11 is 0. The Bertz CT molecular complexity index is 2640. The predicted octanol–water partition coefficient (Wildman–Crippen LogP) is 13.6. The zero-order chi connectivity index (χ0) is 38.9. The lowest BCUT2D eigenvalue weighted by Gasteiger charge is -2.12. The summed E-state index contributed by atoms with van der Waals surface area (Å²) in [4.78, 5) is 20.5. The maximum absolute atomic E-state index is 5.15. The van der Waals surface area contributed by atoms with Crippen LogP contribution in [0.25, 0.3) is 92.1 Å². The molecule has 9 aromatic rings. The van der Waals surface area contributed by atoms with Crippen molar-refractivity contribution in [3.8, 4) is 67.8 Å². The standard InChI is InChI=1S/C54H38N4/c1-5-14-39(15-6-1)24-26-41-28-32-45(33-29-41)51-37-49(43-18-9-3-10-19-43)55-53(57-51)47-22-13-23-48(36-47)54-56-50(44-20-11-4-12-21-44)38-52(58-54)46-34-30-42(31-35-46)27-25-40-16-7-2-8-17-40/h1-38H/b26-24+,27-25+. The van der Waals surface area contributed by atoms with E-state index in [1.54, 1.807) is 0 Å². The maximum atomic E-state index is 5.15. The lowest BCUT2D eigenvalue weighted by molar-refractivity contribution is 1.17. The summed E-state index contributed by atoms with van der Waals surface area (Å²) in [5.41, 5.74) is 13.8. The van der Waals surface area contributed by atoms with Crippen LogP contribution in [0, 0.1) is 0 Å². The molecule has 58 heavy (non-hydrogen) atoms. The van der Waals surface area contributed by atoms with Crippen LogP contribution < -0.4 is 0 Å². The topological polar surface area (TPSA) is 51.6 Å². The molecule has 0 aliphatic heterocycles. The molecule has 4 heteroatoms. The fourth-order valence-electron chi connectivity index (χ4n) is 6.80. The van der Waals surface area contributed by atoms with Gasteiger partial charge in [-0.25, -0.2) is 19.9 Å². The molecule has 0 saturated carbocycles. The number of benzene rings is 7. The summed E-state index contributed by atoms with van der Waals surface area (Å²) in [5, 5.41) is 0. The molecule has 0 N–H and O–H groups in total. The highest BCUT2D eigenvalue weighted by Gasteiger charge is 2.15. The zero-order valence-corrected chi connectivity index (χ0v) is 31.7. The third-order valence-corrected chi connectivity index (χ3v) is 9.92. The molecule has 4 nitrogen and oxygen atoms in total. The number of hydrogen-bond donors (Lipinski definition) is 0. The molecular formula is C54H38N4. The van der Waals surface area contributed by atoms with Gasteiger partial charge >= 0.3 is 0 Å². The van der Waals surface area contributed by atoms with Crippen LogP contribution in [0.1, 0.15) is 22.3 Å². The highest BCUT2D eigenvalue weighted by atomic mass is 14.9. The van der Waals surface area contributed by atoms with Crippen LogP contribution >= 0.6 is 0 Å². The minimum Gasteiger partial charge on any atom is -0.228 e. The van der Waals surface area contributed by atoms with Crippen LogP contribution in [-0.4, -0.2) is 19.9 Å². The first-order valence-corrected chi connectivity index (χ1v) is 19.4. The highest BCUT2D eigenvalue weighted by Crippen LogP contribution is 2.32. The van der Waals surface area contributed by atoms with Gasteiger partial charge in [0.05, 0.1) is 22.8 Å². The molecule has 0 atom stereocenters. The normalized spacial score (nSPS) is 11.3. The van der Waals surface area contributed by atoms with Gasteiger partial charge in [-0.05, 0) is 40.5 Å². The predicted molar refractivity (Wildman–Crippen MR) is 241 cm³/mol. The van der Waals surface area contributed by atoms with E-state index in [1.165, 1.54) is 0 Å². The van der Waals surface area contributed by atoms with Crippen molar-refractivity contribution in [2.45, 2.75) is 0 Å². The molecule has 0 saturated heterocycles. The third kappa shape index (κ3) is 8.52. The van der Waals surface area contributed by atoms with Crippen LogP contribution in [0.4, 0.5) is 0 Å². The smallest absolute Gasteiger partial charge is 0.160 e. The quantitative estimate of drug-likeness (QED) is 0.131. The van der Waals surface area contributed by atoms with E-state index in [0.29, 0.717) is 11.6 Å². The molecule has 0 bridgehead atoms. The van der Waals surface area contributed by atoms with E-state index >= 15 is 0 Å². The number of rotatable bonds is 10. The van der Waals surface area contributed by atoms with Crippen LogP contribution in [-0.2, 0) is 0 Å². The summed E-state index contributed by atoms with van der Waals surface area (Å²) in [6.45, 7) is 0. The molecule has 0 amide bonds. The van der Waals surface area contributed by atoms with Crippen molar-refractivity contribution >= 4 is 24.3 Å². The van der Waals surface area contributed by atoms with Crippen molar-refractivity contribution in [1.29, 1.82) is 0 Å². The molecule has 0 radical (unpaired) electrons. The van der Waals surface area contributed by atoms with E-state index in [4.69, 9.17) is 19.9 Å². The van der Waals surface area contributed by atoms with E-state index in [1.807, 2.05) is 78.9 Å². The van der Waals surface area contributed by atoms with Crippen molar-refractivity contribution in [1.82, 2.24) is 19.9 Å². The number of aromatic nitrogens is 4. The van der Waals surface area contributed by atoms with E-state index < -0.39 is 0 Å². The van der Waals surface area contributed by atoms with Crippen LogP contribution in [0.2, 0.25) is 0 Å². The molecule has 2 heterocycles. The van der Waals surface area contributed by atoms with Crippen molar-refractivity contribution in [2.24, 2.45) is 0 Å². The minimum atomic E-state index is 0.629. The molecule has 0 fully saturated rings. The second-order valence-corrected chi connectivity index (χ2v) is 14.0. The Balaban J connectivity index is 1.08. The van der Waals surface area contributed by atoms with Gasteiger partial charge in [0.1, 0.15) is 0 Å². The summed E-state index contributed by atoms with van der Waals surface area (Å²) < 4.78 is 0. The molecule has 7 aromatic carbocycles. The lowest BCUT2D eigenvalue weighted by Crippen LogP contribution is -1.98. The molecule has 0 aliphatic rings. The summed E-state index contributed by atoms with van der Waals surface area (Å²) in [5.74, 6) is 1.26. The second-order valence-electron chi connectivity index (χ2n) is 14.0. The Kier molecular flexibility index (Phi) is 10.5.